The fourth-order valence-electron chi connectivity index (χ4n) is 3.17. The summed E-state index contributed by atoms with van der Waals surface area (Å²) >= 11 is 0. The van der Waals surface area contributed by atoms with E-state index in [1.165, 1.54) is 0 Å². The minimum absolute atomic E-state index is 0.0609. The van der Waals surface area contributed by atoms with Gasteiger partial charge in [-0.3, -0.25) is 4.79 Å². The van der Waals surface area contributed by atoms with Crippen LogP contribution in [0.1, 0.15) is 32.0 Å². The van der Waals surface area contributed by atoms with Crippen LogP contribution in [0.5, 0.6) is 0 Å². The van der Waals surface area contributed by atoms with E-state index in [-0.39, 0.29) is 24.2 Å². The summed E-state index contributed by atoms with van der Waals surface area (Å²) in [7, 11) is 5.09. The van der Waals surface area contributed by atoms with Gasteiger partial charge in [0.25, 0.3) is 0 Å². The van der Waals surface area contributed by atoms with Crippen molar-refractivity contribution in [2.45, 2.75) is 51.0 Å². The molecule has 1 fully saturated rings. The molecule has 136 valence electrons. The lowest BCUT2D eigenvalue weighted by Crippen LogP contribution is -2.57. The topological polar surface area (TPSA) is 65.8 Å². The lowest BCUT2D eigenvalue weighted by Gasteiger charge is -2.40. The second-order valence-electron chi connectivity index (χ2n) is 6.47. The number of likely N-dealkylation sites (N-methyl/N-ethyl adjacent to an activating group) is 1. The van der Waals surface area contributed by atoms with Gasteiger partial charge in [0.15, 0.2) is 0 Å². The standard InChI is InChI=1S/C17H29N3O4/c1-12(2)17-18-7-9-20(17)8-6-15(21)19(3)13-10-24-11-14(22-4)16(13)23-5/h7,9,12-14,16H,6,8,10-11H2,1-5H3/t13-,14-,16+/m1/s1. The van der Waals surface area contributed by atoms with Crippen molar-refractivity contribution in [1.82, 2.24) is 14.5 Å². The Bertz CT molecular complexity index is 532. The summed E-state index contributed by atoms with van der Waals surface area (Å²) in [6.45, 7) is 5.76. The Morgan fingerprint density at radius 3 is 2.79 bits per heavy atom. The first-order valence-corrected chi connectivity index (χ1v) is 8.39. The average molecular weight is 339 g/mol. The van der Waals surface area contributed by atoms with E-state index in [0.717, 1.165) is 5.82 Å². The molecule has 2 heterocycles. The minimum Gasteiger partial charge on any atom is -0.376 e. The van der Waals surface area contributed by atoms with Gasteiger partial charge in [-0.25, -0.2) is 4.98 Å². The van der Waals surface area contributed by atoms with Crippen LogP contribution < -0.4 is 0 Å². The van der Waals surface area contributed by atoms with Crippen LogP contribution in [-0.2, 0) is 25.5 Å². The summed E-state index contributed by atoms with van der Waals surface area (Å²) in [4.78, 5) is 18.7. The predicted octanol–water partition coefficient (Wildman–Crippen LogP) is 1.28. The normalized spacial score (nSPS) is 24.3. The van der Waals surface area contributed by atoms with Crippen molar-refractivity contribution in [2.24, 2.45) is 0 Å². The fourth-order valence-corrected chi connectivity index (χ4v) is 3.17. The number of ether oxygens (including phenoxy) is 3. The highest BCUT2D eigenvalue weighted by atomic mass is 16.6. The molecule has 24 heavy (non-hydrogen) atoms. The largest absolute Gasteiger partial charge is 0.376 e. The van der Waals surface area contributed by atoms with Crippen LogP contribution in [-0.4, -0.2) is 73.1 Å². The highest BCUT2D eigenvalue weighted by molar-refractivity contribution is 5.76. The zero-order valence-electron chi connectivity index (χ0n) is 15.3. The second kappa shape index (κ2) is 8.60. The maximum atomic E-state index is 12.6. The first-order chi connectivity index (χ1) is 11.5. The third-order valence-corrected chi connectivity index (χ3v) is 4.61. The summed E-state index contributed by atoms with van der Waals surface area (Å²) in [5.74, 6) is 1.39. The third-order valence-electron chi connectivity index (χ3n) is 4.61. The Labute approximate surface area is 143 Å². The molecule has 1 aromatic heterocycles. The molecule has 7 nitrogen and oxygen atoms in total. The number of aromatic nitrogens is 2. The van der Waals surface area contributed by atoms with E-state index in [0.29, 0.717) is 32.1 Å². The molecule has 0 aromatic carbocycles. The predicted molar refractivity (Wildman–Crippen MR) is 89.9 cm³/mol. The zero-order chi connectivity index (χ0) is 17.7. The molecule has 1 aliphatic rings. The van der Waals surface area contributed by atoms with Crippen molar-refractivity contribution >= 4 is 5.91 Å². The van der Waals surface area contributed by atoms with E-state index < -0.39 is 0 Å². The van der Waals surface area contributed by atoms with Gasteiger partial charge in [-0.15, -0.1) is 0 Å². The van der Waals surface area contributed by atoms with Gasteiger partial charge >= 0.3 is 0 Å². The van der Waals surface area contributed by atoms with Crippen molar-refractivity contribution in [3.63, 3.8) is 0 Å². The van der Waals surface area contributed by atoms with Crippen molar-refractivity contribution < 1.29 is 19.0 Å². The first kappa shape index (κ1) is 18.9. The highest BCUT2D eigenvalue weighted by Crippen LogP contribution is 2.20. The van der Waals surface area contributed by atoms with Gasteiger partial charge in [-0.1, -0.05) is 13.8 Å². The van der Waals surface area contributed by atoms with Crippen LogP contribution in [0, 0.1) is 0 Å². The molecule has 1 aliphatic heterocycles. The Morgan fingerprint density at radius 1 is 1.42 bits per heavy atom. The van der Waals surface area contributed by atoms with E-state index in [9.17, 15) is 4.79 Å². The molecule has 7 heteroatoms. The number of carbonyl (C=O) groups excluding carboxylic acids is 1. The molecule has 0 saturated carbocycles. The molecule has 3 atom stereocenters. The van der Waals surface area contributed by atoms with Gasteiger partial charge in [0.1, 0.15) is 18.0 Å². The Hall–Kier alpha value is -1.44. The second-order valence-corrected chi connectivity index (χ2v) is 6.47. The van der Waals surface area contributed by atoms with Gasteiger partial charge in [-0.05, 0) is 0 Å². The summed E-state index contributed by atoms with van der Waals surface area (Å²) < 4.78 is 18.6. The molecule has 1 aromatic rings. The van der Waals surface area contributed by atoms with E-state index in [1.807, 2.05) is 10.8 Å². The quantitative estimate of drug-likeness (QED) is 0.749. The minimum atomic E-state index is -0.183. The number of rotatable bonds is 7. The Morgan fingerprint density at radius 2 is 2.17 bits per heavy atom. The number of nitrogens with zero attached hydrogens (tertiary/aromatic N) is 3. The number of hydrogen-bond acceptors (Lipinski definition) is 5. The summed E-state index contributed by atoms with van der Waals surface area (Å²) in [6, 6.07) is -0.145. The molecule has 1 saturated heterocycles. The highest BCUT2D eigenvalue weighted by Gasteiger charge is 2.38. The zero-order valence-corrected chi connectivity index (χ0v) is 15.3. The van der Waals surface area contributed by atoms with Crippen LogP contribution in [0.3, 0.4) is 0 Å². The van der Waals surface area contributed by atoms with Crippen molar-refractivity contribution in [2.75, 3.05) is 34.5 Å². The number of carbonyl (C=O) groups is 1. The van der Waals surface area contributed by atoms with Crippen LogP contribution in [0.15, 0.2) is 12.4 Å². The summed E-state index contributed by atoms with van der Waals surface area (Å²) in [6.07, 6.45) is 3.77. The Balaban J connectivity index is 1.97. The smallest absolute Gasteiger partial charge is 0.224 e. The maximum absolute atomic E-state index is 12.6. The van der Waals surface area contributed by atoms with Crippen LogP contribution in [0.2, 0.25) is 0 Å². The van der Waals surface area contributed by atoms with Gasteiger partial charge in [0, 0.05) is 52.5 Å². The molecule has 0 unspecified atom stereocenters. The molecule has 0 aliphatic carbocycles. The van der Waals surface area contributed by atoms with Gasteiger partial charge < -0.3 is 23.7 Å². The van der Waals surface area contributed by atoms with Gasteiger partial charge in [-0.2, -0.15) is 0 Å². The SMILES string of the molecule is CO[C@H]1[C@H](N(C)C(=O)CCn2ccnc2C(C)C)COC[C@H]1OC. The van der Waals surface area contributed by atoms with E-state index in [1.54, 1.807) is 32.4 Å². The third kappa shape index (κ3) is 4.15. The van der Waals surface area contributed by atoms with Crippen LogP contribution in [0.25, 0.3) is 0 Å². The molecule has 0 N–H and O–H groups in total. The molecule has 0 bridgehead atoms. The van der Waals surface area contributed by atoms with Crippen molar-refractivity contribution in [3.05, 3.63) is 18.2 Å². The lowest BCUT2D eigenvalue weighted by molar-refractivity contribution is -0.164. The van der Waals surface area contributed by atoms with E-state index in [2.05, 4.69) is 18.8 Å². The summed E-state index contributed by atoms with van der Waals surface area (Å²) in [5, 5.41) is 0. The van der Waals surface area contributed by atoms with Crippen molar-refractivity contribution in [3.8, 4) is 0 Å². The monoisotopic (exact) mass is 339 g/mol. The van der Waals surface area contributed by atoms with E-state index in [4.69, 9.17) is 14.2 Å². The Kier molecular flexibility index (Phi) is 6.77. The van der Waals surface area contributed by atoms with Gasteiger partial charge in [0.05, 0.1) is 19.3 Å². The number of hydrogen-bond donors (Lipinski definition) is 0. The van der Waals surface area contributed by atoms with Crippen LogP contribution >= 0.6 is 0 Å². The fraction of sp³-hybridized carbons (Fsp3) is 0.765. The number of aryl methyl sites for hydroxylation is 1. The van der Waals surface area contributed by atoms with Crippen LogP contribution in [0.4, 0.5) is 0 Å². The molecule has 0 radical (unpaired) electrons. The average Bonchev–Trinajstić information content (AvgIpc) is 3.06. The lowest BCUT2D eigenvalue weighted by atomic mass is 10.0. The number of methoxy groups -OCH3 is 2. The molecule has 1 amide bonds. The first-order valence-electron chi connectivity index (χ1n) is 8.39. The van der Waals surface area contributed by atoms with E-state index >= 15 is 0 Å². The number of imidazole rings is 1. The van der Waals surface area contributed by atoms with Crippen molar-refractivity contribution in [1.29, 1.82) is 0 Å². The molecular weight excluding hydrogens is 310 g/mol. The molecule has 2 rings (SSSR count). The number of amides is 1. The molecular formula is C17H29N3O4. The summed E-state index contributed by atoms with van der Waals surface area (Å²) in [5.41, 5.74) is 0. The maximum Gasteiger partial charge on any atom is 0.224 e. The van der Waals surface area contributed by atoms with Gasteiger partial charge in [0.2, 0.25) is 5.91 Å². The molecule has 0 spiro atoms.